The van der Waals surface area contributed by atoms with Crippen molar-refractivity contribution in [3.8, 4) is 5.75 Å². The van der Waals surface area contributed by atoms with Crippen LogP contribution in [0.5, 0.6) is 5.75 Å². The minimum atomic E-state index is -0.149. The van der Waals surface area contributed by atoms with Crippen LogP contribution < -0.4 is 15.4 Å². The minimum Gasteiger partial charge on any atom is -0.492 e. The third-order valence-corrected chi connectivity index (χ3v) is 3.92. The van der Waals surface area contributed by atoms with Crippen molar-refractivity contribution in [2.24, 2.45) is 0 Å². The van der Waals surface area contributed by atoms with Crippen LogP contribution in [0.1, 0.15) is 17.5 Å². The van der Waals surface area contributed by atoms with E-state index in [0.29, 0.717) is 13.2 Å². The van der Waals surface area contributed by atoms with Crippen molar-refractivity contribution in [3.05, 3.63) is 59.9 Å². The van der Waals surface area contributed by atoms with Crippen LogP contribution in [0.25, 0.3) is 0 Å². The molecule has 1 aliphatic heterocycles. The molecule has 1 amide bonds. The van der Waals surface area contributed by atoms with Crippen LogP contribution in [-0.2, 0) is 17.8 Å². The summed E-state index contributed by atoms with van der Waals surface area (Å²) in [6.07, 6.45) is 4.91. The molecule has 0 aliphatic carbocycles. The summed E-state index contributed by atoms with van der Waals surface area (Å²) in [6, 6.07) is 11.8. The average Bonchev–Trinajstić information content (AvgIpc) is 2.61. The van der Waals surface area contributed by atoms with Crippen LogP contribution in [0.4, 0.5) is 0 Å². The van der Waals surface area contributed by atoms with Gasteiger partial charge in [-0.2, -0.15) is 0 Å². The largest absolute Gasteiger partial charge is 0.492 e. The number of aromatic nitrogens is 1. The summed E-state index contributed by atoms with van der Waals surface area (Å²) in [4.78, 5) is 16.2. The number of amides is 1. The molecule has 1 aromatic carbocycles. The Morgan fingerprint density at radius 3 is 2.96 bits per heavy atom. The van der Waals surface area contributed by atoms with E-state index in [1.165, 1.54) is 11.1 Å². The predicted octanol–water partition coefficient (Wildman–Crippen LogP) is 1.68. The highest BCUT2D eigenvalue weighted by atomic mass is 16.5. The first-order chi connectivity index (χ1) is 11.3. The predicted molar refractivity (Wildman–Crippen MR) is 88.1 cm³/mol. The van der Waals surface area contributed by atoms with E-state index in [-0.39, 0.29) is 11.9 Å². The smallest absolute Gasteiger partial charge is 0.237 e. The van der Waals surface area contributed by atoms with Crippen LogP contribution in [0.2, 0.25) is 0 Å². The molecular formula is C18H21N3O2. The minimum absolute atomic E-state index is 0.0564. The number of nitrogens with zero attached hydrogens (tertiary/aromatic N) is 1. The third kappa shape index (κ3) is 4.29. The molecule has 2 aromatic rings. The summed E-state index contributed by atoms with van der Waals surface area (Å²) in [5.41, 5.74) is 2.53. The van der Waals surface area contributed by atoms with Crippen LogP contribution in [0.3, 0.4) is 0 Å². The fourth-order valence-electron chi connectivity index (χ4n) is 2.67. The Morgan fingerprint density at radius 1 is 1.26 bits per heavy atom. The lowest BCUT2D eigenvalue weighted by Crippen LogP contribution is -2.47. The first-order valence-corrected chi connectivity index (χ1v) is 7.93. The fraction of sp³-hybridized carbons (Fsp3) is 0.333. The number of carbonyl (C=O) groups excluding carboxylic acids is 1. The second-order valence-electron chi connectivity index (χ2n) is 5.59. The van der Waals surface area contributed by atoms with Gasteiger partial charge in [0, 0.05) is 19.3 Å². The van der Waals surface area contributed by atoms with E-state index in [4.69, 9.17) is 4.74 Å². The summed E-state index contributed by atoms with van der Waals surface area (Å²) < 4.78 is 5.55. The van der Waals surface area contributed by atoms with E-state index >= 15 is 0 Å². The highest BCUT2D eigenvalue weighted by Crippen LogP contribution is 2.16. The lowest BCUT2D eigenvalue weighted by Gasteiger charge is -2.25. The van der Waals surface area contributed by atoms with Gasteiger partial charge in [-0.3, -0.25) is 9.78 Å². The summed E-state index contributed by atoms with van der Waals surface area (Å²) in [7, 11) is 0. The molecule has 3 rings (SSSR count). The van der Waals surface area contributed by atoms with Crippen molar-refractivity contribution >= 4 is 5.91 Å². The molecule has 0 bridgehead atoms. The Labute approximate surface area is 136 Å². The van der Waals surface area contributed by atoms with Crippen LogP contribution in [0, 0.1) is 0 Å². The Kier molecular flexibility index (Phi) is 5.21. The van der Waals surface area contributed by atoms with Crippen LogP contribution >= 0.6 is 0 Å². The number of rotatable bonds is 6. The van der Waals surface area contributed by atoms with Gasteiger partial charge in [0.2, 0.25) is 5.91 Å². The summed E-state index contributed by atoms with van der Waals surface area (Å²) >= 11 is 0. The summed E-state index contributed by atoms with van der Waals surface area (Å²) in [6.45, 7) is 1.92. The van der Waals surface area contributed by atoms with Crippen molar-refractivity contribution in [1.29, 1.82) is 0 Å². The normalized spacial score (nSPS) is 16.4. The standard InChI is InChI=1S/C18H21N3O2/c22-18(17-11-14-5-1-2-6-15(14)12-21-17)20-9-4-10-23-16-7-3-8-19-13-16/h1-3,5-8,13,17,21H,4,9-12H2,(H,20,22)/t17-/m1/s1. The van der Waals surface area contributed by atoms with Gasteiger partial charge in [0.15, 0.2) is 0 Å². The Morgan fingerprint density at radius 2 is 2.13 bits per heavy atom. The van der Waals surface area contributed by atoms with Gasteiger partial charge < -0.3 is 15.4 Å². The summed E-state index contributed by atoms with van der Waals surface area (Å²) in [5, 5.41) is 6.26. The van der Waals surface area contributed by atoms with Gasteiger partial charge in [-0.05, 0) is 36.1 Å². The van der Waals surface area contributed by atoms with Gasteiger partial charge in [0.05, 0.1) is 18.8 Å². The molecule has 0 radical (unpaired) electrons. The fourth-order valence-corrected chi connectivity index (χ4v) is 2.67. The van der Waals surface area contributed by atoms with Gasteiger partial charge in [-0.1, -0.05) is 24.3 Å². The summed E-state index contributed by atoms with van der Waals surface area (Å²) in [5.74, 6) is 0.810. The maximum atomic E-state index is 12.2. The van der Waals surface area contributed by atoms with Gasteiger partial charge in [0.1, 0.15) is 5.75 Å². The van der Waals surface area contributed by atoms with Gasteiger partial charge in [-0.25, -0.2) is 0 Å². The van der Waals surface area contributed by atoms with Gasteiger partial charge in [-0.15, -0.1) is 0 Å². The first kappa shape index (κ1) is 15.5. The lowest BCUT2D eigenvalue weighted by molar-refractivity contribution is -0.123. The number of ether oxygens (including phenoxy) is 1. The maximum Gasteiger partial charge on any atom is 0.237 e. The Bertz CT molecular complexity index is 646. The van der Waals surface area contributed by atoms with E-state index in [9.17, 15) is 4.79 Å². The molecule has 5 heteroatoms. The number of nitrogens with one attached hydrogen (secondary N) is 2. The molecule has 2 heterocycles. The average molecular weight is 311 g/mol. The van der Waals surface area contributed by atoms with Crippen molar-refractivity contribution in [2.75, 3.05) is 13.2 Å². The van der Waals surface area contributed by atoms with Crippen LogP contribution in [0.15, 0.2) is 48.8 Å². The number of carbonyl (C=O) groups is 1. The second-order valence-corrected chi connectivity index (χ2v) is 5.59. The Hall–Kier alpha value is -2.40. The highest BCUT2D eigenvalue weighted by molar-refractivity contribution is 5.82. The zero-order chi connectivity index (χ0) is 15.9. The molecule has 1 aliphatic rings. The number of fused-ring (bicyclic) bond motifs is 1. The Balaban J connectivity index is 1.37. The second kappa shape index (κ2) is 7.74. The molecular weight excluding hydrogens is 290 g/mol. The molecule has 0 saturated carbocycles. The third-order valence-electron chi connectivity index (χ3n) is 3.92. The topological polar surface area (TPSA) is 63.2 Å². The maximum absolute atomic E-state index is 12.2. The number of benzene rings is 1. The molecule has 0 spiro atoms. The zero-order valence-corrected chi connectivity index (χ0v) is 13.0. The molecule has 120 valence electrons. The number of pyridine rings is 1. The van der Waals surface area contributed by atoms with E-state index in [1.807, 2.05) is 24.3 Å². The van der Waals surface area contributed by atoms with E-state index < -0.39 is 0 Å². The SMILES string of the molecule is O=C(NCCCOc1cccnc1)[C@H]1Cc2ccccc2CN1. The van der Waals surface area contributed by atoms with E-state index in [1.54, 1.807) is 12.4 Å². The molecule has 23 heavy (non-hydrogen) atoms. The van der Waals surface area contributed by atoms with Crippen molar-refractivity contribution in [3.63, 3.8) is 0 Å². The van der Waals surface area contributed by atoms with Crippen molar-refractivity contribution in [1.82, 2.24) is 15.6 Å². The molecule has 1 atom stereocenters. The zero-order valence-electron chi connectivity index (χ0n) is 13.0. The van der Waals surface area contributed by atoms with Crippen molar-refractivity contribution < 1.29 is 9.53 Å². The highest BCUT2D eigenvalue weighted by Gasteiger charge is 2.23. The lowest BCUT2D eigenvalue weighted by atomic mass is 9.95. The number of hydrogen-bond donors (Lipinski definition) is 2. The first-order valence-electron chi connectivity index (χ1n) is 7.93. The molecule has 0 saturated heterocycles. The molecule has 2 N–H and O–H groups in total. The molecule has 5 nitrogen and oxygen atoms in total. The van der Waals surface area contributed by atoms with E-state index in [2.05, 4.69) is 27.8 Å². The van der Waals surface area contributed by atoms with Gasteiger partial charge >= 0.3 is 0 Å². The van der Waals surface area contributed by atoms with Crippen molar-refractivity contribution in [2.45, 2.75) is 25.4 Å². The van der Waals surface area contributed by atoms with E-state index in [0.717, 1.165) is 25.1 Å². The van der Waals surface area contributed by atoms with Gasteiger partial charge in [0.25, 0.3) is 0 Å². The monoisotopic (exact) mass is 311 g/mol. The molecule has 0 fully saturated rings. The van der Waals surface area contributed by atoms with Crippen LogP contribution in [-0.4, -0.2) is 30.1 Å². The number of hydrogen-bond acceptors (Lipinski definition) is 4. The molecule has 1 aromatic heterocycles. The quantitative estimate of drug-likeness (QED) is 0.797. The molecule has 0 unspecified atom stereocenters.